The summed E-state index contributed by atoms with van der Waals surface area (Å²) < 4.78 is 18.3. The predicted octanol–water partition coefficient (Wildman–Crippen LogP) is 3.81. The van der Waals surface area contributed by atoms with Gasteiger partial charge in [0.1, 0.15) is 24.3 Å². The summed E-state index contributed by atoms with van der Waals surface area (Å²) in [6.45, 7) is 7.13. The number of aliphatic imine (C=N–C) groups is 1. The number of aliphatic hydroxyl groups excluding tert-OH is 1. The Balaban J connectivity index is 0.00000392. The molecule has 0 amide bonds. The van der Waals surface area contributed by atoms with E-state index in [1.54, 1.807) is 0 Å². The van der Waals surface area contributed by atoms with E-state index in [4.69, 9.17) is 4.74 Å². The fourth-order valence-electron chi connectivity index (χ4n) is 2.65. The Hall–Kier alpha value is -1.87. The van der Waals surface area contributed by atoms with Crippen LogP contribution in [-0.4, -0.2) is 36.9 Å². The van der Waals surface area contributed by atoms with E-state index in [0.717, 1.165) is 0 Å². The van der Waals surface area contributed by atoms with E-state index in [-0.39, 0.29) is 49.0 Å². The molecule has 5 nitrogen and oxygen atoms in total. The van der Waals surface area contributed by atoms with Crippen LogP contribution in [0.4, 0.5) is 4.39 Å². The third-order valence-corrected chi connectivity index (χ3v) is 4.07. The zero-order valence-corrected chi connectivity index (χ0v) is 18.8. The molecule has 3 N–H and O–H groups in total. The third-order valence-electron chi connectivity index (χ3n) is 4.07. The molecular weight excluding hydrogens is 472 g/mol. The Kier molecular flexibility index (Phi) is 10.8. The summed E-state index contributed by atoms with van der Waals surface area (Å²) in [6.07, 6.45) is -0.765. The molecule has 0 aromatic heterocycles. The zero-order chi connectivity index (χ0) is 19.6. The topological polar surface area (TPSA) is 65.9 Å². The van der Waals surface area contributed by atoms with E-state index in [2.05, 4.69) is 41.6 Å². The lowest BCUT2D eigenvalue weighted by atomic mass is 10.0. The number of hydrogen-bond acceptors (Lipinski definition) is 3. The van der Waals surface area contributed by atoms with Gasteiger partial charge >= 0.3 is 0 Å². The first-order chi connectivity index (χ1) is 13.0. The molecule has 2 aromatic carbocycles. The Morgan fingerprint density at radius 1 is 1.18 bits per heavy atom. The van der Waals surface area contributed by atoms with Crippen LogP contribution in [0.2, 0.25) is 0 Å². The minimum atomic E-state index is -0.765. The van der Waals surface area contributed by atoms with E-state index in [1.807, 2.05) is 19.1 Å². The molecule has 0 fully saturated rings. The summed E-state index contributed by atoms with van der Waals surface area (Å²) in [6, 6.07) is 14.0. The average Bonchev–Trinajstić information content (AvgIpc) is 2.66. The van der Waals surface area contributed by atoms with E-state index in [9.17, 15) is 9.50 Å². The largest absolute Gasteiger partial charge is 0.491 e. The maximum atomic E-state index is 12.9. The lowest BCUT2D eigenvalue weighted by Crippen LogP contribution is -2.39. The molecule has 0 spiro atoms. The van der Waals surface area contributed by atoms with Crippen LogP contribution in [0.5, 0.6) is 5.75 Å². The Bertz CT molecular complexity index is 741. The highest BCUT2D eigenvalue weighted by atomic mass is 127. The van der Waals surface area contributed by atoms with Gasteiger partial charge in [0.15, 0.2) is 5.96 Å². The van der Waals surface area contributed by atoms with Crippen LogP contribution in [-0.2, 0) is 0 Å². The van der Waals surface area contributed by atoms with E-state index >= 15 is 0 Å². The van der Waals surface area contributed by atoms with Gasteiger partial charge in [-0.25, -0.2) is 4.39 Å². The molecule has 0 radical (unpaired) electrons. The molecule has 0 aliphatic heterocycles. The minimum Gasteiger partial charge on any atom is -0.491 e. The molecule has 0 saturated heterocycles. The third kappa shape index (κ3) is 8.02. The highest BCUT2D eigenvalue weighted by Crippen LogP contribution is 2.16. The summed E-state index contributed by atoms with van der Waals surface area (Å²) in [5.74, 6) is 0.823. The van der Waals surface area contributed by atoms with Crippen LogP contribution in [0.15, 0.2) is 53.5 Å². The number of hydrogen-bond donors (Lipinski definition) is 3. The quantitative estimate of drug-likeness (QED) is 0.293. The van der Waals surface area contributed by atoms with Gasteiger partial charge in [0.2, 0.25) is 0 Å². The minimum absolute atomic E-state index is 0. The molecule has 2 atom stereocenters. The molecule has 0 heterocycles. The van der Waals surface area contributed by atoms with Gasteiger partial charge in [-0.2, -0.15) is 0 Å². The van der Waals surface area contributed by atoms with Crippen molar-refractivity contribution in [3.63, 3.8) is 0 Å². The van der Waals surface area contributed by atoms with Gasteiger partial charge in [0.05, 0.1) is 12.6 Å². The molecule has 0 saturated carbocycles. The van der Waals surface area contributed by atoms with Crippen LogP contribution < -0.4 is 15.4 Å². The van der Waals surface area contributed by atoms with Gasteiger partial charge in [-0.05, 0) is 56.2 Å². The molecule has 7 heteroatoms. The summed E-state index contributed by atoms with van der Waals surface area (Å²) >= 11 is 0. The predicted molar refractivity (Wildman–Crippen MR) is 122 cm³/mol. The first-order valence-corrected chi connectivity index (χ1v) is 9.16. The van der Waals surface area contributed by atoms with Crippen molar-refractivity contribution in [3.8, 4) is 5.75 Å². The van der Waals surface area contributed by atoms with E-state index < -0.39 is 6.10 Å². The second-order valence-corrected chi connectivity index (χ2v) is 6.36. The van der Waals surface area contributed by atoms with Crippen molar-refractivity contribution in [1.82, 2.24) is 10.6 Å². The van der Waals surface area contributed by atoms with Gasteiger partial charge in [-0.1, -0.05) is 24.3 Å². The van der Waals surface area contributed by atoms with Crippen LogP contribution in [0, 0.1) is 12.7 Å². The Morgan fingerprint density at radius 2 is 1.86 bits per heavy atom. The van der Waals surface area contributed by atoms with Crippen LogP contribution in [0.25, 0.3) is 0 Å². The molecule has 0 bridgehead atoms. The lowest BCUT2D eigenvalue weighted by molar-refractivity contribution is 0.114. The molecule has 28 heavy (non-hydrogen) atoms. The van der Waals surface area contributed by atoms with Crippen molar-refractivity contribution in [2.24, 2.45) is 4.99 Å². The number of aliphatic hydroxyl groups is 1. The van der Waals surface area contributed by atoms with Crippen LogP contribution in [0.3, 0.4) is 0 Å². The molecule has 2 aromatic rings. The first-order valence-electron chi connectivity index (χ1n) is 9.16. The fourth-order valence-corrected chi connectivity index (χ4v) is 2.65. The molecule has 0 aliphatic carbocycles. The number of aryl methyl sites for hydroxylation is 1. The van der Waals surface area contributed by atoms with Gasteiger partial charge in [-0.3, -0.25) is 4.99 Å². The number of rotatable bonds is 8. The summed E-state index contributed by atoms with van der Waals surface area (Å²) in [5, 5.41) is 16.7. The maximum absolute atomic E-state index is 12.9. The van der Waals surface area contributed by atoms with Gasteiger partial charge in [-0.15, -0.1) is 24.0 Å². The second-order valence-electron chi connectivity index (χ2n) is 6.36. The number of guanidine groups is 1. The van der Waals surface area contributed by atoms with Crippen molar-refractivity contribution in [3.05, 3.63) is 65.5 Å². The van der Waals surface area contributed by atoms with Gasteiger partial charge in [0, 0.05) is 6.54 Å². The molecular formula is C21H29FIN3O2. The number of benzene rings is 2. The van der Waals surface area contributed by atoms with Crippen molar-refractivity contribution in [2.45, 2.75) is 32.9 Å². The second kappa shape index (κ2) is 12.6. The number of ether oxygens (including phenoxy) is 1. The van der Waals surface area contributed by atoms with E-state index in [0.29, 0.717) is 18.3 Å². The normalized spacial score (nSPS) is 13.2. The van der Waals surface area contributed by atoms with Crippen LogP contribution >= 0.6 is 24.0 Å². The number of nitrogens with one attached hydrogen (secondary N) is 2. The average molecular weight is 501 g/mol. The Morgan fingerprint density at radius 3 is 2.50 bits per heavy atom. The van der Waals surface area contributed by atoms with E-state index in [1.165, 1.54) is 35.4 Å². The number of halogens is 2. The standard InChI is InChI=1S/C21H28FN3O2.HI/c1-4-23-21(25-16(3)20-8-6-5-7-15(20)2)24-13-18(26)14-27-19-11-9-17(22)10-12-19;/h5-12,16,18,26H,4,13-14H2,1-3H3,(H2,23,24,25);1H. The Labute approximate surface area is 183 Å². The summed E-state index contributed by atoms with van der Waals surface area (Å²) in [7, 11) is 0. The van der Waals surface area contributed by atoms with Crippen molar-refractivity contribution in [2.75, 3.05) is 19.7 Å². The highest BCUT2D eigenvalue weighted by molar-refractivity contribution is 14.0. The fraction of sp³-hybridized carbons (Fsp3) is 0.381. The summed E-state index contributed by atoms with van der Waals surface area (Å²) in [4.78, 5) is 4.44. The SMILES string of the molecule is CCNC(=NCC(O)COc1ccc(F)cc1)NC(C)c1ccccc1C.I. The highest BCUT2D eigenvalue weighted by Gasteiger charge is 2.11. The molecule has 154 valence electrons. The zero-order valence-electron chi connectivity index (χ0n) is 16.5. The number of nitrogens with zero attached hydrogens (tertiary/aromatic N) is 1. The van der Waals surface area contributed by atoms with Gasteiger partial charge in [0.25, 0.3) is 0 Å². The molecule has 2 rings (SSSR count). The smallest absolute Gasteiger partial charge is 0.191 e. The molecule has 0 aliphatic rings. The first kappa shape index (κ1) is 24.2. The molecule has 2 unspecified atom stereocenters. The van der Waals surface area contributed by atoms with Crippen molar-refractivity contribution >= 4 is 29.9 Å². The van der Waals surface area contributed by atoms with Gasteiger partial charge < -0.3 is 20.5 Å². The van der Waals surface area contributed by atoms with Crippen molar-refractivity contribution < 1.29 is 14.2 Å². The lowest BCUT2D eigenvalue weighted by Gasteiger charge is -2.20. The van der Waals surface area contributed by atoms with Crippen molar-refractivity contribution in [1.29, 1.82) is 0 Å². The monoisotopic (exact) mass is 501 g/mol. The summed E-state index contributed by atoms with van der Waals surface area (Å²) in [5.41, 5.74) is 2.41. The maximum Gasteiger partial charge on any atom is 0.191 e. The van der Waals surface area contributed by atoms with Crippen LogP contribution in [0.1, 0.15) is 31.0 Å².